The Hall–Kier alpha value is -1.88. The van der Waals surface area contributed by atoms with Crippen molar-refractivity contribution in [3.63, 3.8) is 0 Å². The van der Waals surface area contributed by atoms with Gasteiger partial charge in [0.05, 0.1) is 11.7 Å². The molecule has 1 amide bonds. The molecule has 120 valence electrons. The average molecular weight is 305 g/mol. The molecule has 0 unspecified atom stereocenters. The highest BCUT2D eigenvalue weighted by Crippen LogP contribution is 2.15. The van der Waals surface area contributed by atoms with Crippen molar-refractivity contribution in [3.05, 3.63) is 35.4 Å². The van der Waals surface area contributed by atoms with Crippen LogP contribution in [-0.4, -0.2) is 37.7 Å². The van der Waals surface area contributed by atoms with E-state index in [1.807, 2.05) is 12.1 Å². The predicted molar refractivity (Wildman–Crippen MR) is 82.8 cm³/mol. The third-order valence-corrected chi connectivity index (χ3v) is 3.70. The monoisotopic (exact) mass is 305 g/mol. The molecule has 0 radical (unpaired) electrons. The normalized spacial score (nSPS) is 17.5. The smallest absolute Gasteiger partial charge is 0.338 e. The lowest BCUT2D eigenvalue weighted by atomic mass is 10.0. The van der Waals surface area contributed by atoms with E-state index in [4.69, 9.17) is 9.47 Å². The first-order chi connectivity index (χ1) is 10.6. The summed E-state index contributed by atoms with van der Waals surface area (Å²) in [6.45, 7) is 5.14. The molecule has 2 rings (SSSR count). The van der Waals surface area contributed by atoms with Crippen LogP contribution < -0.4 is 5.32 Å². The summed E-state index contributed by atoms with van der Waals surface area (Å²) in [5, 5.41) is 2.71. The minimum absolute atomic E-state index is 0.0863. The highest BCUT2D eigenvalue weighted by molar-refractivity contribution is 5.91. The highest BCUT2D eigenvalue weighted by atomic mass is 16.5. The van der Waals surface area contributed by atoms with Crippen molar-refractivity contribution in [1.29, 1.82) is 0 Å². The van der Waals surface area contributed by atoms with E-state index in [9.17, 15) is 9.59 Å². The number of ether oxygens (including phenoxy) is 2. The fourth-order valence-electron chi connectivity index (χ4n) is 2.30. The van der Waals surface area contributed by atoms with Gasteiger partial charge in [0.1, 0.15) is 0 Å². The Bertz CT molecular complexity index is 504. The molecule has 5 heteroatoms. The van der Waals surface area contributed by atoms with Gasteiger partial charge in [0.2, 0.25) is 0 Å². The summed E-state index contributed by atoms with van der Waals surface area (Å²) in [7, 11) is 0. The summed E-state index contributed by atoms with van der Waals surface area (Å²) < 4.78 is 10.4. The Kier molecular flexibility index (Phi) is 5.95. The number of hydrogen-bond acceptors (Lipinski definition) is 4. The first-order valence-corrected chi connectivity index (χ1v) is 7.71. The highest BCUT2D eigenvalue weighted by Gasteiger charge is 2.17. The number of carbonyl (C=O) groups is 2. The first kappa shape index (κ1) is 16.5. The van der Waals surface area contributed by atoms with Crippen LogP contribution in [0.4, 0.5) is 0 Å². The van der Waals surface area contributed by atoms with E-state index in [2.05, 4.69) is 19.2 Å². The topological polar surface area (TPSA) is 64.6 Å². The van der Waals surface area contributed by atoms with Crippen molar-refractivity contribution in [2.75, 3.05) is 19.8 Å². The SMILES string of the molecule is CC(C)c1ccc(C(=O)OCC(=O)NC[C@@H]2CCCO2)cc1. The van der Waals surface area contributed by atoms with Gasteiger partial charge in [-0.05, 0) is 36.5 Å². The second kappa shape index (κ2) is 7.94. The summed E-state index contributed by atoms with van der Waals surface area (Å²) in [4.78, 5) is 23.5. The Labute approximate surface area is 131 Å². The van der Waals surface area contributed by atoms with Crippen molar-refractivity contribution >= 4 is 11.9 Å². The molecule has 0 bridgehead atoms. The second-order valence-electron chi connectivity index (χ2n) is 5.79. The number of esters is 1. The van der Waals surface area contributed by atoms with Gasteiger partial charge in [-0.2, -0.15) is 0 Å². The van der Waals surface area contributed by atoms with Crippen LogP contribution in [0.1, 0.15) is 48.5 Å². The van der Waals surface area contributed by atoms with Crippen molar-refractivity contribution < 1.29 is 19.1 Å². The molecule has 0 spiro atoms. The van der Waals surface area contributed by atoms with Crippen LogP contribution in [0.2, 0.25) is 0 Å². The van der Waals surface area contributed by atoms with Crippen LogP contribution in [0.3, 0.4) is 0 Å². The second-order valence-corrected chi connectivity index (χ2v) is 5.79. The van der Waals surface area contributed by atoms with Crippen molar-refractivity contribution in [2.24, 2.45) is 0 Å². The van der Waals surface area contributed by atoms with Crippen LogP contribution in [-0.2, 0) is 14.3 Å². The lowest BCUT2D eigenvalue weighted by molar-refractivity contribution is -0.124. The van der Waals surface area contributed by atoms with E-state index in [1.165, 1.54) is 0 Å². The predicted octanol–water partition coefficient (Wildman–Crippen LogP) is 2.26. The number of nitrogens with one attached hydrogen (secondary N) is 1. The van der Waals surface area contributed by atoms with Gasteiger partial charge in [-0.25, -0.2) is 4.79 Å². The summed E-state index contributed by atoms with van der Waals surface area (Å²) >= 11 is 0. The number of amides is 1. The molecule has 1 atom stereocenters. The van der Waals surface area contributed by atoms with Gasteiger partial charge < -0.3 is 14.8 Å². The van der Waals surface area contributed by atoms with Crippen LogP contribution in [0, 0.1) is 0 Å². The molecule has 1 N–H and O–H groups in total. The van der Waals surface area contributed by atoms with Gasteiger partial charge in [0.15, 0.2) is 6.61 Å². The van der Waals surface area contributed by atoms with E-state index < -0.39 is 5.97 Å². The molecule has 5 nitrogen and oxygen atoms in total. The molecule has 1 aromatic rings. The van der Waals surface area contributed by atoms with Gasteiger partial charge in [0, 0.05) is 13.2 Å². The van der Waals surface area contributed by atoms with Gasteiger partial charge in [-0.15, -0.1) is 0 Å². The van der Waals surface area contributed by atoms with Crippen LogP contribution >= 0.6 is 0 Å². The van der Waals surface area contributed by atoms with Crippen molar-refractivity contribution in [2.45, 2.75) is 38.7 Å². The number of benzene rings is 1. The summed E-state index contributed by atoms with van der Waals surface area (Å²) in [5.41, 5.74) is 1.61. The zero-order valence-corrected chi connectivity index (χ0v) is 13.1. The third kappa shape index (κ3) is 4.84. The Balaban J connectivity index is 1.73. The standard InChI is InChI=1S/C17H23NO4/c1-12(2)13-5-7-14(8-6-13)17(20)22-11-16(19)18-10-15-4-3-9-21-15/h5-8,12,15H,3-4,9-11H2,1-2H3,(H,18,19)/t15-/m0/s1. The molecular weight excluding hydrogens is 282 g/mol. The van der Waals surface area contributed by atoms with Gasteiger partial charge in [0.25, 0.3) is 5.91 Å². The van der Waals surface area contributed by atoms with Crippen LogP contribution in [0.25, 0.3) is 0 Å². The third-order valence-electron chi connectivity index (χ3n) is 3.70. The zero-order chi connectivity index (χ0) is 15.9. The van der Waals surface area contributed by atoms with E-state index >= 15 is 0 Å². The first-order valence-electron chi connectivity index (χ1n) is 7.71. The molecule has 1 aliphatic rings. The summed E-state index contributed by atoms with van der Waals surface area (Å²) in [5.74, 6) is -0.376. The van der Waals surface area contributed by atoms with E-state index in [0.717, 1.165) is 25.0 Å². The van der Waals surface area contributed by atoms with Crippen LogP contribution in [0.5, 0.6) is 0 Å². The van der Waals surface area contributed by atoms with Crippen molar-refractivity contribution in [1.82, 2.24) is 5.32 Å². The zero-order valence-electron chi connectivity index (χ0n) is 13.1. The van der Waals surface area contributed by atoms with Gasteiger partial charge >= 0.3 is 5.97 Å². The fraction of sp³-hybridized carbons (Fsp3) is 0.529. The van der Waals surface area contributed by atoms with Gasteiger partial charge in [-0.3, -0.25) is 4.79 Å². The molecule has 1 fully saturated rings. The maximum absolute atomic E-state index is 11.9. The number of rotatable bonds is 6. The molecule has 0 aliphatic carbocycles. The lowest BCUT2D eigenvalue weighted by Gasteiger charge is -2.11. The molecule has 0 saturated carbocycles. The van der Waals surface area contributed by atoms with E-state index in [-0.39, 0.29) is 18.6 Å². The van der Waals surface area contributed by atoms with Crippen molar-refractivity contribution in [3.8, 4) is 0 Å². The molecular formula is C17H23NO4. The quantitative estimate of drug-likeness (QED) is 0.819. The Morgan fingerprint density at radius 3 is 2.64 bits per heavy atom. The largest absolute Gasteiger partial charge is 0.452 e. The molecule has 1 heterocycles. The molecule has 0 aromatic heterocycles. The fourth-order valence-corrected chi connectivity index (χ4v) is 2.30. The molecule has 22 heavy (non-hydrogen) atoms. The lowest BCUT2D eigenvalue weighted by Crippen LogP contribution is -2.34. The minimum Gasteiger partial charge on any atom is -0.452 e. The van der Waals surface area contributed by atoms with Crippen LogP contribution in [0.15, 0.2) is 24.3 Å². The number of carbonyl (C=O) groups excluding carboxylic acids is 2. The molecule has 1 aromatic carbocycles. The average Bonchev–Trinajstić information content (AvgIpc) is 3.04. The maximum Gasteiger partial charge on any atom is 0.338 e. The summed E-state index contributed by atoms with van der Waals surface area (Å²) in [6.07, 6.45) is 2.08. The molecule has 1 saturated heterocycles. The summed E-state index contributed by atoms with van der Waals surface area (Å²) in [6, 6.07) is 7.25. The molecule has 1 aliphatic heterocycles. The van der Waals surface area contributed by atoms with Gasteiger partial charge in [-0.1, -0.05) is 26.0 Å². The van der Waals surface area contributed by atoms with E-state index in [0.29, 0.717) is 18.0 Å². The Morgan fingerprint density at radius 2 is 2.05 bits per heavy atom. The Morgan fingerprint density at radius 1 is 1.32 bits per heavy atom. The van der Waals surface area contributed by atoms with E-state index in [1.54, 1.807) is 12.1 Å². The maximum atomic E-state index is 11.9. The minimum atomic E-state index is -0.484. The number of hydrogen-bond donors (Lipinski definition) is 1.